The highest BCUT2D eigenvalue weighted by Gasteiger charge is 2.13. The predicted molar refractivity (Wildman–Crippen MR) is 88.4 cm³/mol. The number of rotatable bonds is 10. The molecule has 0 N–H and O–H groups in total. The molecule has 1 nitrogen and oxygen atoms in total. The first-order valence-electron chi connectivity index (χ1n) is 8.51. The molecule has 0 aliphatic carbocycles. The molecule has 0 spiro atoms. The van der Waals surface area contributed by atoms with Crippen LogP contribution in [0, 0.1) is 17.7 Å². The SMILES string of the molecule is CCCC(CCC)CC(C)COc1ccc(CC)cc1F. The fraction of sp³-hybridized carbons (Fsp3) is 0.684. The van der Waals surface area contributed by atoms with E-state index in [2.05, 4.69) is 20.8 Å². The third-order valence-corrected chi connectivity index (χ3v) is 4.06. The summed E-state index contributed by atoms with van der Waals surface area (Å²) >= 11 is 0. The van der Waals surface area contributed by atoms with Gasteiger partial charge in [0, 0.05) is 0 Å². The van der Waals surface area contributed by atoms with Crippen LogP contribution in [0.25, 0.3) is 0 Å². The Morgan fingerprint density at radius 2 is 1.76 bits per heavy atom. The molecule has 120 valence electrons. The number of hydrogen-bond acceptors (Lipinski definition) is 1. The minimum atomic E-state index is -0.236. The van der Waals surface area contributed by atoms with Gasteiger partial charge in [-0.1, -0.05) is 59.4 Å². The van der Waals surface area contributed by atoms with E-state index in [4.69, 9.17) is 4.74 Å². The largest absolute Gasteiger partial charge is 0.490 e. The molecule has 2 heteroatoms. The first kappa shape index (κ1) is 18.0. The Kier molecular flexibility index (Phi) is 8.41. The van der Waals surface area contributed by atoms with Crippen LogP contribution in [-0.2, 0) is 6.42 Å². The first-order valence-corrected chi connectivity index (χ1v) is 8.51. The molecule has 0 saturated heterocycles. The monoisotopic (exact) mass is 294 g/mol. The molecule has 1 aromatic carbocycles. The highest BCUT2D eigenvalue weighted by molar-refractivity contribution is 5.29. The second kappa shape index (κ2) is 9.81. The summed E-state index contributed by atoms with van der Waals surface area (Å²) in [6, 6.07) is 5.29. The molecule has 0 aliphatic heterocycles. The van der Waals surface area contributed by atoms with Crippen molar-refractivity contribution in [3.8, 4) is 5.75 Å². The van der Waals surface area contributed by atoms with Crippen LogP contribution in [0.4, 0.5) is 4.39 Å². The van der Waals surface area contributed by atoms with Crippen LogP contribution in [0.5, 0.6) is 5.75 Å². The third kappa shape index (κ3) is 6.50. The van der Waals surface area contributed by atoms with E-state index in [0.717, 1.165) is 17.9 Å². The molecular weight excluding hydrogens is 263 g/mol. The van der Waals surface area contributed by atoms with Crippen LogP contribution < -0.4 is 4.74 Å². The van der Waals surface area contributed by atoms with E-state index in [9.17, 15) is 4.39 Å². The molecule has 0 saturated carbocycles. The lowest BCUT2D eigenvalue weighted by atomic mass is 9.89. The van der Waals surface area contributed by atoms with E-state index in [0.29, 0.717) is 18.3 Å². The lowest BCUT2D eigenvalue weighted by molar-refractivity contribution is 0.217. The molecule has 0 bridgehead atoms. The van der Waals surface area contributed by atoms with Gasteiger partial charge in [0.2, 0.25) is 0 Å². The van der Waals surface area contributed by atoms with Crippen molar-refractivity contribution < 1.29 is 9.13 Å². The summed E-state index contributed by atoms with van der Waals surface area (Å²) < 4.78 is 19.5. The lowest BCUT2D eigenvalue weighted by Crippen LogP contribution is -2.14. The Morgan fingerprint density at radius 1 is 1.10 bits per heavy atom. The summed E-state index contributed by atoms with van der Waals surface area (Å²) in [7, 11) is 0. The normalized spacial score (nSPS) is 12.7. The molecule has 0 aliphatic rings. The topological polar surface area (TPSA) is 9.23 Å². The Bertz CT molecular complexity index is 397. The van der Waals surface area contributed by atoms with Gasteiger partial charge < -0.3 is 4.74 Å². The van der Waals surface area contributed by atoms with Crippen molar-refractivity contribution in [2.75, 3.05) is 6.61 Å². The third-order valence-electron chi connectivity index (χ3n) is 4.06. The summed E-state index contributed by atoms with van der Waals surface area (Å²) in [5.74, 6) is 1.41. The number of halogens is 1. The molecule has 1 aromatic rings. The first-order chi connectivity index (χ1) is 10.1. The summed E-state index contributed by atoms with van der Waals surface area (Å²) in [6.45, 7) is 9.32. The minimum Gasteiger partial charge on any atom is -0.490 e. The van der Waals surface area contributed by atoms with Crippen LogP contribution in [0.15, 0.2) is 18.2 Å². The van der Waals surface area contributed by atoms with Gasteiger partial charge in [0.05, 0.1) is 6.61 Å². The van der Waals surface area contributed by atoms with E-state index in [1.165, 1.54) is 32.1 Å². The Labute approximate surface area is 129 Å². The van der Waals surface area contributed by atoms with Crippen LogP contribution in [0.3, 0.4) is 0 Å². The van der Waals surface area contributed by atoms with Gasteiger partial charge in [-0.3, -0.25) is 0 Å². The summed E-state index contributed by atoms with van der Waals surface area (Å²) in [6.07, 6.45) is 7.09. The quantitative estimate of drug-likeness (QED) is 0.513. The number of ether oxygens (including phenoxy) is 1. The van der Waals surface area contributed by atoms with Gasteiger partial charge >= 0.3 is 0 Å². The van der Waals surface area contributed by atoms with Crippen molar-refractivity contribution in [3.05, 3.63) is 29.6 Å². The van der Waals surface area contributed by atoms with Gasteiger partial charge in [-0.2, -0.15) is 0 Å². The van der Waals surface area contributed by atoms with Gasteiger partial charge in [0.25, 0.3) is 0 Å². The Morgan fingerprint density at radius 3 is 2.29 bits per heavy atom. The zero-order chi connectivity index (χ0) is 15.7. The maximum absolute atomic E-state index is 13.9. The maximum atomic E-state index is 13.9. The molecule has 21 heavy (non-hydrogen) atoms. The predicted octanol–water partition coefficient (Wildman–Crippen LogP) is 6.01. The van der Waals surface area contributed by atoms with Crippen LogP contribution >= 0.6 is 0 Å². The molecule has 0 aromatic heterocycles. The molecule has 1 unspecified atom stereocenters. The van der Waals surface area contributed by atoms with Crippen LogP contribution in [0.1, 0.15) is 65.4 Å². The van der Waals surface area contributed by atoms with Gasteiger partial charge in [0.1, 0.15) is 0 Å². The molecule has 0 amide bonds. The van der Waals surface area contributed by atoms with Crippen molar-refractivity contribution in [2.24, 2.45) is 11.8 Å². The smallest absolute Gasteiger partial charge is 0.165 e. The number of hydrogen-bond donors (Lipinski definition) is 0. The van der Waals surface area contributed by atoms with Gasteiger partial charge in [-0.25, -0.2) is 4.39 Å². The second-order valence-corrected chi connectivity index (χ2v) is 6.21. The fourth-order valence-electron chi connectivity index (χ4n) is 2.95. The minimum absolute atomic E-state index is 0.236. The molecule has 0 heterocycles. The average Bonchev–Trinajstić information content (AvgIpc) is 2.46. The zero-order valence-corrected chi connectivity index (χ0v) is 14.1. The summed E-state index contributed by atoms with van der Waals surface area (Å²) in [5, 5.41) is 0. The highest BCUT2D eigenvalue weighted by Crippen LogP contribution is 2.24. The lowest BCUT2D eigenvalue weighted by Gasteiger charge is -2.20. The molecule has 1 atom stereocenters. The Balaban J connectivity index is 2.46. The summed E-state index contributed by atoms with van der Waals surface area (Å²) in [5.41, 5.74) is 1.01. The molecule has 0 fully saturated rings. The van der Waals surface area contributed by atoms with E-state index in [-0.39, 0.29) is 5.82 Å². The molecule has 0 radical (unpaired) electrons. The second-order valence-electron chi connectivity index (χ2n) is 6.21. The van der Waals surface area contributed by atoms with E-state index in [1.54, 1.807) is 12.1 Å². The fourth-order valence-corrected chi connectivity index (χ4v) is 2.95. The van der Waals surface area contributed by atoms with E-state index >= 15 is 0 Å². The standard InChI is InChI=1S/C19H31FO/c1-5-8-17(9-6-2)12-15(4)14-21-19-11-10-16(7-3)13-18(19)20/h10-11,13,15,17H,5-9,12,14H2,1-4H3. The molecule has 1 rings (SSSR count). The zero-order valence-electron chi connectivity index (χ0n) is 14.1. The maximum Gasteiger partial charge on any atom is 0.165 e. The van der Waals surface area contributed by atoms with Crippen molar-refractivity contribution in [3.63, 3.8) is 0 Å². The van der Waals surface area contributed by atoms with Gasteiger partial charge in [-0.05, 0) is 42.4 Å². The number of benzene rings is 1. The van der Waals surface area contributed by atoms with Gasteiger partial charge in [0.15, 0.2) is 11.6 Å². The van der Waals surface area contributed by atoms with Gasteiger partial charge in [-0.15, -0.1) is 0 Å². The van der Waals surface area contributed by atoms with Crippen molar-refractivity contribution >= 4 is 0 Å². The summed E-state index contributed by atoms with van der Waals surface area (Å²) in [4.78, 5) is 0. The van der Waals surface area contributed by atoms with Crippen molar-refractivity contribution in [1.29, 1.82) is 0 Å². The van der Waals surface area contributed by atoms with Crippen molar-refractivity contribution in [2.45, 2.75) is 66.2 Å². The van der Waals surface area contributed by atoms with E-state index in [1.807, 2.05) is 13.0 Å². The number of aryl methyl sites for hydroxylation is 1. The Hall–Kier alpha value is -1.05. The average molecular weight is 294 g/mol. The molecular formula is C19H31FO. The highest BCUT2D eigenvalue weighted by atomic mass is 19.1. The van der Waals surface area contributed by atoms with E-state index < -0.39 is 0 Å². The van der Waals surface area contributed by atoms with Crippen LogP contribution in [0.2, 0.25) is 0 Å². The van der Waals surface area contributed by atoms with Crippen molar-refractivity contribution in [1.82, 2.24) is 0 Å². The van der Waals surface area contributed by atoms with Crippen LogP contribution in [-0.4, -0.2) is 6.61 Å².